The summed E-state index contributed by atoms with van der Waals surface area (Å²) in [4.78, 5) is 4.09. The summed E-state index contributed by atoms with van der Waals surface area (Å²) >= 11 is 0. The van der Waals surface area contributed by atoms with E-state index in [9.17, 15) is 0 Å². The predicted octanol–water partition coefficient (Wildman–Crippen LogP) is 0.589. The zero-order valence-electron chi connectivity index (χ0n) is 5.13. The van der Waals surface area contributed by atoms with Crippen molar-refractivity contribution in [2.45, 2.75) is 12.4 Å². The van der Waals surface area contributed by atoms with Crippen molar-refractivity contribution in [3.05, 3.63) is 0 Å². The fourth-order valence-corrected chi connectivity index (χ4v) is 2.34. The van der Waals surface area contributed by atoms with E-state index in [1.807, 2.05) is 0 Å². The molecule has 0 saturated carbocycles. The first-order valence-corrected chi connectivity index (χ1v) is 4.94. The molecule has 0 aromatic carbocycles. The van der Waals surface area contributed by atoms with E-state index in [0.717, 1.165) is 6.54 Å². The molecule has 3 nitrogen and oxygen atoms in total. The summed E-state index contributed by atoms with van der Waals surface area (Å²) in [7, 11) is 3.18. The monoisotopic (exact) mass is 163 g/mol. The average Bonchev–Trinajstić information content (AvgIpc) is 2.17. The summed E-state index contributed by atoms with van der Waals surface area (Å²) in [5.74, 6) is 0. The molecule has 1 heterocycles. The zero-order chi connectivity index (χ0) is 6.69. The van der Waals surface area contributed by atoms with Gasteiger partial charge in [-0.1, -0.05) is 6.92 Å². The van der Waals surface area contributed by atoms with Crippen LogP contribution in [-0.2, 0) is 0 Å². The highest BCUT2D eigenvalue weighted by atomic mass is 33.1. The van der Waals surface area contributed by atoms with Crippen LogP contribution in [0.25, 0.3) is 0 Å². The van der Waals surface area contributed by atoms with Crippen LogP contribution in [0.2, 0.25) is 0 Å². The Bertz CT molecular complexity index is 125. The summed E-state index contributed by atoms with van der Waals surface area (Å²) in [6.07, 6.45) is 0. The minimum absolute atomic E-state index is 0.181. The van der Waals surface area contributed by atoms with Crippen LogP contribution in [-0.4, -0.2) is 17.2 Å². The van der Waals surface area contributed by atoms with E-state index in [4.69, 9.17) is 5.73 Å². The fraction of sp³-hybridized carbons (Fsp3) is 0.750. The van der Waals surface area contributed by atoms with Crippen LogP contribution in [0.3, 0.4) is 0 Å². The Morgan fingerprint density at radius 1 is 1.89 bits per heavy atom. The van der Waals surface area contributed by atoms with Gasteiger partial charge in [-0.3, -0.25) is 5.32 Å². The molecule has 1 atom stereocenters. The van der Waals surface area contributed by atoms with Crippen molar-refractivity contribution in [1.29, 1.82) is 0 Å². The zero-order valence-corrected chi connectivity index (χ0v) is 6.76. The molecule has 0 radical (unpaired) electrons. The lowest BCUT2D eigenvalue weighted by Crippen LogP contribution is -2.21. The highest BCUT2D eigenvalue weighted by molar-refractivity contribution is 8.82. The minimum atomic E-state index is 0.181. The quantitative estimate of drug-likeness (QED) is 0.585. The Balaban J connectivity index is 2.29. The normalized spacial score (nSPS) is 26.3. The predicted molar refractivity (Wildman–Crippen MR) is 44.3 cm³/mol. The number of nitrogens with zero attached hydrogens (tertiary/aromatic N) is 1. The van der Waals surface area contributed by atoms with Gasteiger partial charge in [0.1, 0.15) is 0 Å². The summed E-state index contributed by atoms with van der Waals surface area (Å²) in [6.45, 7) is 2.99. The number of amidine groups is 1. The maximum atomic E-state index is 5.41. The molecule has 0 bridgehead atoms. The van der Waals surface area contributed by atoms with Crippen LogP contribution in [0, 0.1) is 0 Å². The van der Waals surface area contributed by atoms with Crippen molar-refractivity contribution in [3.63, 3.8) is 0 Å². The van der Waals surface area contributed by atoms with E-state index in [2.05, 4.69) is 17.2 Å². The highest BCUT2D eigenvalue weighted by Crippen LogP contribution is 2.32. The Kier molecular flexibility index (Phi) is 2.68. The van der Waals surface area contributed by atoms with Gasteiger partial charge >= 0.3 is 0 Å². The number of rotatable bonds is 2. The second kappa shape index (κ2) is 3.34. The molecule has 1 aliphatic rings. The third kappa shape index (κ3) is 2.08. The van der Waals surface area contributed by atoms with Gasteiger partial charge in [0, 0.05) is 0 Å². The minimum Gasteiger partial charge on any atom is -0.378 e. The van der Waals surface area contributed by atoms with E-state index in [0.29, 0.717) is 5.17 Å². The molecule has 52 valence electrons. The van der Waals surface area contributed by atoms with Crippen LogP contribution in [0.15, 0.2) is 4.99 Å². The van der Waals surface area contributed by atoms with Crippen molar-refractivity contribution in [1.82, 2.24) is 5.32 Å². The van der Waals surface area contributed by atoms with Gasteiger partial charge in [-0.2, -0.15) is 0 Å². The molecule has 1 aliphatic heterocycles. The number of aliphatic imine (C=N–C) groups is 1. The second-order valence-electron chi connectivity index (χ2n) is 1.56. The molecule has 9 heavy (non-hydrogen) atoms. The maximum Gasteiger partial charge on any atom is 0.167 e. The van der Waals surface area contributed by atoms with Gasteiger partial charge in [-0.25, -0.2) is 4.99 Å². The van der Waals surface area contributed by atoms with Crippen LogP contribution < -0.4 is 11.1 Å². The lowest BCUT2D eigenvalue weighted by atomic mass is 10.7. The van der Waals surface area contributed by atoms with Gasteiger partial charge in [0.05, 0.1) is 0 Å². The SMILES string of the molecule is CCNC1N=C(N)SS1. The summed E-state index contributed by atoms with van der Waals surface area (Å²) in [6, 6.07) is 0. The smallest absolute Gasteiger partial charge is 0.167 e. The fourth-order valence-electron chi connectivity index (χ4n) is 0.508. The topological polar surface area (TPSA) is 50.4 Å². The Morgan fingerprint density at radius 3 is 3.11 bits per heavy atom. The Hall–Kier alpha value is 0.130. The van der Waals surface area contributed by atoms with Crippen LogP contribution in [0.4, 0.5) is 0 Å². The third-order valence-corrected chi connectivity index (χ3v) is 3.02. The van der Waals surface area contributed by atoms with Crippen LogP contribution >= 0.6 is 21.6 Å². The molecule has 3 N–H and O–H groups in total. The van der Waals surface area contributed by atoms with E-state index in [1.165, 1.54) is 10.8 Å². The molecule has 0 amide bonds. The number of hydrogen-bond donors (Lipinski definition) is 2. The van der Waals surface area contributed by atoms with E-state index in [-0.39, 0.29) is 5.50 Å². The first-order valence-electron chi connectivity index (χ1n) is 2.73. The number of hydrogen-bond acceptors (Lipinski definition) is 5. The summed E-state index contributed by atoms with van der Waals surface area (Å²) in [5.41, 5.74) is 5.59. The second-order valence-corrected chi connectivity index (χ2v) is 3.86. The van der Waals surface area contributed by atoms with Crippen LogP contribution in [0.1, 0.15) is 6.92 Å². The largest absolute Gasteiger partial charge is 0.378 e. The molecule has 0 aromatic heterocycles. The first kappa shape index (κ1) is 7.24. The van der Waals surface area contributed by atoms with E-state index < -0.39 is 0 Å². The molecular weight excluding hydrogens is 154 g/mol. The molecule has 0 spiro atoms. The lowest BCUT2D eigenvalue weighted by molar-refractivity contribution is 0.705. The van der Waals surface area contributed by atoms with Crippen molar-refractivity contribution in [2.24, 2.45) is 10.7 Å². The van der Waals surface area contributed by atoms with Crippen LogP contribution in [0.5, 0.6) is 0 Å². The molecule has 0 fully saturated rings. The van der Waals surface area contributed by atoms with Gasteiger partial charge in [-0.05, 0) is 28.1 Å². The third-order valence-electron chi connectivity index (χ3n) is 0.848. The van der Waals surface area contributed by atoms with Gasteiger partial charge in [0.25, 0.3) is 0 Å². The van der Waals surface area contributed by atoms with Gasteiger partial charge in [-0.15, -0.1) is 0 Å². The van der Waals surface area contributed by atoms with Gasteiger partial charge in [0.2, 0.25) is 0 Å². The maximum absolute atomic E-state index is 5.41. The Labute approximate surface area is 62.3 Å². The van der Waals surface area contributed by atoms with Crippen molar-refractivity contribution in [2.75, 3.05) is 6.54 Å². The Morgan fingerprint density at radius 2 is 2.67 bits per heavy atom. The molecule has 0 aromatic rings. The van der Waals surface area contributed by atoms with Crippen molar-refractivity contribution in [3.8, 4) is 0 Å². The summed E-state index contributed by atoms with van der Waals surface area (Å²) < 4.78 is 0. The standard InChI is InChI=1S/C4H9N3S2/c1-2-6-4-7-3(5)8-9-4/h4,6H,2H2,1H3,(H2,5,7). The van der Waals surface area contributed by atoms with Gasteiger partial charge in [0.15, 0.2) is 10.7 Å². The van der Waals surface area contributed by atoms with Crippen molar-refractivity contribution >= 4 is 26.8 Å². The van der Waals surface area contributed by atoms with Crippen molar-refractivity contribution < 1.29 is 0 Å². The molecule has 0 aliphatic carbocycles. The highest BCUT2D eigenvalue weighted by Gasteiger charge is 2.14. The average molecular weight is 163 g/mol. The summed E-state index contributed by atoms with van der Waals surface area (Å²) in [5, 5.41) is 3.82. The van der Waals surface area contributed by atoms with Gasteiger partial charge < -0.3 is 5.73 Å². The number of nitrogens with one attached hydrogen (secondary N) is 1. The molecular formula is C4H9N3S2. The molecule has 1 unspecified atom stereocenters. The number of nitrogens with two attached hydrogens (primary N) is 1. The lowest BCUT2D eigenvalue weighted by Gasteiger charge is -2.02. The molecule has 0 saturated heterocycles. The molecule has 5 heteroatoms. The van der Waals surface area contributed by atoms with E-state index in [1.54, 1.807) is 10.8 Å². The van der Waals surface area contributed by atoms with E-state index >= 15 is 0 Å². The first-order chi connectivity index (χ1) is 4.33. The molecule has 1 rings (SSSR count).